The first-order valence-electron chi connectivity index (χ1n) is 10.9. The Balaban J connectivity index is 1.66. The summed E-state index contributed by atoms with van der Waals surface area (Å²) in [6.07, 6.45) is -0.273. The number of nitrogens with zero attached hydrogens (tertiary/aromatic N) is 3. The largest absolute Gasteiger partial charge is 0.483 e. The molecule has 0 fully saturated rings. The summed E-state index contributed by atoms with van der Waals surface area (Å²) in [6.45, 7) is 12.5. The lowest BCUT2D eigenvalue weighted by atomic mass is 10.0. The first kappa shape index (κ1) is 23.9. The van der Waals surface area contributed by atoms with Gasteiger partial charge in [0.1, 0.15) is 5.75 Å². The number of benzene rings is 2. The second-order valence-corrected chi connectivity index (χ2v) is 9.43. The Bertz CT molecular complexity index is 1030. The molecule has 3 rings (SSSR count). The van der Waals surface area contributed by atoms with Crippen LogP contribution in [0.5, 0.6) is 5.75 Å². The lowest BCUT2D eigenvalue weighted by Gasteiger charge is -2.19. The minimum Gasteiger partial charge on any atom is -0.483 e. The number of hydrogen-bond acceptors (Lipinski definition) is 5. The SMILES string of the molecule is Cc1ccc(NC(=O)CSc2nnc(C(C)Oc3ccc(C(C)C)cc3)n2C(C)C)cc1. The molecule has 0 aliphatic heterocycles. The number of nitrogens with one attached hydrogen (secondary N) is 1. The summed E-state index contributed by atoms with van der Waals surface area (Å²) in [7, 11) is 0. The molecule has 1 amide bonds. The van der Waals surface area contributed by atoms with E-state index in [0.717, 1.165) is 22.8 Å². The smallest absolute Gasteiger partial charge is 0.234 e. The summed E-state index contributed by atoms with van der Waals surface area (Å²) in [5, 5.41) is 12.4. The molecule has 1 N–H and O–H groups in total. The number of aryl methyl sites for hydroxylation is 1. The van der Waals surface area contributed by atoms with E-state index in [2.05, 4.69) is 55.3 Å². The normalized spacial score (nSPS) is 12.2. The van der Waals surface area contributed by atoms with Gasteiger partial charge in [0.2, 0.25) is 5.91 Å². The zero-order chi connectivity index (χ0) is 23.3. The van der Waals surface area contributed by atoms with Crippen molar-refractivity contribution in [2.24, 2.45) is 0 Å². The van der Waals surface area contributed by atoms with Gasteiger partial charge >= 0.3 is 0 Å². The van der Waals surface area contributed by atoms with E-state index in [1.54, 1.807) is 0 Å². The fourth-order valence-electron chi connectivity index (χ4n) is 3.30. The molecule has 1 aromatic heterocycles. The number of hydrogen-bond donors (Lipinski definition) is 1. The van der Waals surface area contributed by atoms with Gasteiger partial charge in [-0.05, 0) is 63.4 Å². The number of carbonyl (C=O) groups is 1. The summed E-state index contributed by atoms with van der Waals surface area (Å²) in [4.78, 5) is 12.4. The minimum atomic E-state index is -0.273. The highest BCUT2D eigenvalue weighted by atomic mass is 32.2. The lowest BCUT2D eigenvalue weighted by molar-refractivity contribution is -0.113. The van der Waals surface area contributed by atoms with Gasteiger partial charge in [-0.2, -0.15) is 0 Å². The van der Waals surface area contributed by atoms with Crippen molar-refractivity contribution < 1.29 is 9.53 Å². The third-order valence-corrected chi connectivity index (χ3v) is 6.04. The molecule has 6 nitrogen and oxygen atoms in total. The van der Waals surface area contributed by atoms with Crippen LogP contribution in [-0.4, -0.2) is 26.4 Å². The quantitative estimate of drug-likeness (QED) is 0.394. The highest BCUT2D eigenvalue weighted by molar-refractivity contribution is 7.99. The van der Waals surface area contributed by atoms with Gasteiger partial charge in [-0.15, -0.1) is 10.2 Å². The fourth-order valence-corrected chi connectivity index (χ4v) is 4.18. The zero-order valence-corrected chi connectivity index (χ0v) is 20.4. The summed E-state index contributed by atoms with van der Waals surface area (Å²) in [5.41, 5.74) is 3.22. The van der Waals surface area contributed by atoms with E-state index in [1.165, 1.54) is 17.3 Å². The maximum absolute atomic E-state index is 12.4. The Labute approximate surface area is 194 Å². The van der Waals surface area contributed by atoms with Gasteiger partial charge in [-0.3, -0.25) is 4.79 Å². The molecule has 1 atom stereocenters. The molecule has 3 aromatic rings. The van der Waals surface area contributed by atoms with Crippen molar-refractivity contribution in [3.8, 4) is 5.75 Å². The summed E-state index contributed by atoms with van der Waals surface area (Å²) in [6, 6.07) is 16.1. The monoisotopic (exact) mass is 452 g/mol. The third kappa shape index (κ3) is 6.13. The molecule has 170 valence electrons. The molecular weight excluding hydrogens is 420 g/mol. The van der Waals surface area contributed by atoms with Crippen molar-refractivity contribution in [3.05, 3.63) is 65.5 Å². The average molecular weight is 453 g/mol. The fraction of sp³-hybridized carbons (Fsp3) is 0.400. The van der Waals surface area contributed by atoms with Crippen molar-refractivity contribution in [1.82, 2.24) is 14.8 Å². The standard InChI is InChI=1S/C25H32N4O2S/c1-16(2)20-9-13-22(14-10-20)31-19(6)24-27-28-25(29(24)17(3)4)32-15-23(30)26-21-11-7-18(5)8-12-21/h7-14,16-17,19H,15H2,1-6H3,(H,26,30). The van der Waals surface area contributed by atoms with E-state index in [0.29, 0.717) is 11.1 Å². The van der Waals surface area contributed by atoms with Crippen LogP contribution in [0.2, 0.25) is 0 Å². The van der Waals surface area contributed by atoms with Gasteiger partial charge in [0.15, 0.2) is 17.1 Å². The van der Waals surface area contributed by atoms with Gasteiger partial charge in [-0.1, -0.05) is 55.4 Å². The second-order valence-electron chi connectivity index (χ2n) is 8.49. The Kier molecular flexibility index (Phi) is 7.96. The molecule has 0 saturated heterocycles. The van der Waals surface area contributed by atoms with E-state index in [1.807, 2.05) is 54.8 Å². The zero-order valence-electron chi connectivity index (χ0n) is 19.6. The van der Waals surface area contributed by atoms with Gasteiger partial charge < -0.3 is 14.6 Å². The maximum atomic E-state index is 12.4. The molecule has 1 heterocycles. The predicted molar refractivity (Wildman–Crippen MR) is 131 cm³/mol. The number of thioether (sulfide) groups is 1. The summed E-state index contributed by atoms with van der Waals surface area (Å²) in [5.74, 6) is 2.20. The number of anilines is 1. The maximum Gasteiger partial charge on any atom is 0.234 e. The van der Waals surface area contributed by atoms with Crippen LogP contribution in [0.3, 0.4) is 0 Å². The average Bonchev–Trinajstić information content (AvgIpc) is 3.19. The molecule has 0 saturated carbocycles. The highest BCUT2D eigenvalue weighted by Gasteiger charge is 2.22. The molecule has 7 heteroatoms. The Morgan fingerprint density at radius 2 is 1.66 bits per heavy atom. The Morgan fingerprint density at radius 1 is 1.00 bits per heavy atom. The molecule has 0 aliphatic carbocycles. The van der Waals surface area contributed by atoms with Crippen molar-refractivity contribution in [2.75, 3.05) is 11.1 Å². The third-order valence-electron chi connectivity index (χ3n) is 5.10. The van der Waals surface area contributed by atoms with Crippen LogP contribution in [-0.2, 0) is 4.79 Å². The number of amides is 1. The Morgan fingerprint density at radius 3 is 2.25 bits per heavy atom. The van der Waals surface area contributed by atoms with Gasteiger partial charge in [-0.25, -0.2) is 0 Å². The van der Waals surface area contributed by atoms with E-state index >= 15 is 0 Å². The highest BCUT2D eigenvalue weighted by Crippen LogP contribution is 2.28. The van der Waals surface area contributed by atoms with E-state index in [4.69, 9.17) is 4.74 Å². The van der Waals surface area contributed by atoms with Crippen LogP contribution in [0.25, 0.3) is 0 Å². The Hall–Kier alpha value is -2.80. The first-order chi connectivity index (χ1) is 15.2. The molecule has 1 unspecified atom stereocenters. The van der Waals surface area contributed by atoms with Crippen LogP contribution in [0.4, 0.5) is 5.69 Å². The van der Waals surface area contributed by atoms with Crippen LogP contribution in [0, 0.1) is 6.92 Å². The summed E-state index contributed by atoms with van der Waals surface area (Å²) >= 11 is 1.38. The van der Waals surface area contributed by atoms with Crippen molar-refractivity contribution in [3.63, 3.8) is 0 Å². The van der Waals surface area contributed by atoms with Crippen molar-refractivity contribution in [2.45, 2.75) is 64.8 Å². The molecule has 0 bridgehead atoms. The molecule has 32 heavy (non-hydrogen) atoms. The van der Waals surface area contributed by atoms with Gasteiger partial charge in [0, 0.05) is 11.7 Å². The minimum absolute atomic E-state index is 0.0757. The molecular formula is C25H32N4O2S. The predicted octanol–water partition coefficient (Wildman–Crippen LogP) is 6.16. The van der Waals surface area contributed by atoms with Crippen molar-refractivity contribution in [1.29, 1.82) is 0 Å². The molecule has 0 aliphatic rings. The van der Waals surface area contributed by atoms with Crippen LogP contribution in [0.15, 0.2) is 53.7 Å². The van der Waals surface area contributed by atoms with E-state index in [-0.39, 0.29) is 23.8 Å². The van der Waals surface area contributed by atoms with Crippen LogP contribution >= 0.6 is 11.8 Å². The van der Waals surface area contributed by atoms with Crippen molar-refractivity contribution >= 4 is 23.4 Å². The van der Waals surface area contributed by atoms with Gasteiger partial charge in [0.25, 0.3) is 0 Å². The molecule has 0 spiro atoms. The summed E-state index contributed by atoms with van der Waals surface area (Å²) < 4.78 is 8.18. The number of carbonyl (C=O) groups excluding carboxylic acids is 1. The topological polar surface area (TPSA) is 69.0 Å². The molecule has 0 radical (unpaired) electrons. The lowest BCUT2D eigenvalue weighted by Crippen LogP contribution is -2.16. The van der Waals surface area contributed by atoms with E-state index in [9.17, 15) is 4.79 Å². The number of ether oxygens (including phenoxy) is 1. The van der Waals surface area contributed by atoms with Gasteiger partial charge in [0.05, 0.1) is 5.75 Å². The van der Waals surface area contributed by atoms with E-state index < -0.39 is 0 Å². The molecule has 2 aromatic carbocycles. The number of rotatable bonds is 9. The second kappa shape index (κ2) is 10.7. The number of aromatic nitrogens is 3. The van der Waals surface area contributed by atoms with Crippen LogP contribution < -0.4 is 10.1 Å². The first-order valence-corrected chi connectivity index (χ1v) is 11.9. The van der Waals surface area contributed by atoms with Crippen LogP contribution in [0.1, 0.15) is 69.6 Å².